The van der Waals surface area contributed by atoms with Crippen LogP contribution in [0.15, 0.2) is 0 Å². The number of hydrogen-bond acceptors (Lipinski definition) is 8. The van der Waals surface area contributed by atoms with Crippen LogP contribution in [0.3, 0.4) is 0 Å². The first kappa shape index (κ1) is 21.7. The minimum atomic E-state index is -0.248. The van der Waals surface area contributed by atoms with Gasteiger partial charge in [0.25, 0.3) is 0 Å². The van der Waals surface area contributed by atoms with Crippen molar-refractivity contribution in [1.29, 1.82) is 0 Å². The molecule has 0 amide bonds. The quantitative estimate of drug-likeness (QED) is 0.249. The van der Waals surface area contributed by atoms with Crippen molar-refractivity contribution in [1.82, 2.24) is 0 Å². The van der Waals surface area contributed by atoms with E-state index in [0.717, 1.165) is 19.4 Å². The van der Waals surface area contributed by atoms with Crippen LogP contribution in [-0.2, 0) is 33.2 Å². The first-order valence-corrected chi connectivity index (χ1v) is 9.15. The molecule has 1 atom stereocenters. The molecule has 1 aliphatic heterocycles. The lowest BCUT2D eigenvalue weighted by Gasteiger charge is -2.10. The van der Waals surface area contributed by atoms with Gasteiger partial charge in [0.2, 0.25) is 0 Å². The van der Waals surface area contributed by atoms with E-state index in [-0.39, 0.29) is 18.7 Å². The van der Waals surface area contributed by atoms with Gasteiger partial charge in [-0.05, 0) is 12.8 Å². The molecule has 1 saturated heterocycles. The van der Waals surface area contributed by atoms with Crippen molar-refractivity contribution in [3.05, 3.63) is 0 Å². The average Bonchev–Trinajstić information content (AvgIpc) is 3.09. The lowest BCUT2D eigenvalue weighted by molar-refractivity contribution is -0.144. The van der Waals surface area contributed by atoms with Gasteiger partial charge in [-0.1, -0.05) is 0 Å². The molecule has 24 heavy (non-hydrogen) atoms. The van der Waals surface area contributed by atoms with Crippen molar-refractivity contribution < 1.29 is 33.2 Å². The van der Waals surface area contributed by atoms with Crippen LogP contribution >= 0.6 is 12.6 Å². The fourth-order valence-electron chi connectivity index (χ4n) is 2.03. The Morgan fingerprint density at radius 1 is 0.917 bits per heavy atom. The fraction of sp³-hybridized carbons (Fsp3) is 0.938. The standard InChI is InChI=1S/C16H30O7S/c17-16(3-13-24)23-12-11-20-8-7-18-5-6-19-9-10-21-14-15-2-1-4-22-15/h15,24H,1-14H2. The number of hydrogen-bond donors (Lipinski definition) is 1. The number of thiol groups is 1. The molecule has 7 nitrogen and oxygen atoms in total. The third-order valence-corrected chi connectivity index (χ3v) is 3.47. The number of esters is 1. The summed E-state index contributed by atoms with van der Waals surface area (Å²) in [6, 6.07) is 0. The summed E-state index contributed by atoms with van der Waals surface area (Å²) < 4.78 is 31.9. The summed E-state index contributed by atoms with van der Waals surface area (Å²) in [4.78, 5) is 11.0. The van der Waals surface area contributed by atoms with E-state index in [0.29, 0.717) is 65.0 Å². The molecule has 1 unspecified atom stereocenters. The maximum absolute atomic E-state index is 11.0. The summed E-state index contributed by atoms with van der Waals surface area (Å²) >= 11 is 3.95. The Bertz CT molecular complexity index is 298. The molecule has 8 heteroatoms. The van der Waals surface area contributed by atoms with Crippen molar-refractivity contribution in [2.45, 2.75) is 25.4 Å². The van der Waals surface area contributed by atoms with Gasteiger partial charge in [0.05, 0.1) is 65.4 Å². The van der Waals surface area contributed by atoms with Crippen molar-refractivity contribution in [3.8, 4) is 0 Å². The SMILES string of the molecule is O=C(CCS)OCCOCCOCCOCCOCC1CCCO1. The second-order valence-corrected chi connectivity index (χ2v) is 5.69. The average molecular weight is 366 g/mol. The first-order valence-electron chi connectivity index (χ1n) is 8.52. The molecule has 0 aromatic heterocycles. The minimum absolute atomic E-state index is 0.248. The summed E-state index contributed by atoms with van der Waals surface area (Å²) in [5, 5.41) is 0. The summed E-state index contributed by atoms with van der Waals surface area (Å²) in [7, 11) is 0. The van der Waals surface area contributed by atoms with Crippen LogP contribution in [0.25, 0.3) is 0 Å². The van der Waals surface area contributed by atoms with Crippen molar-refractivity contribution in [3.63, 3.8) is 0 Å². The van der Waals surface area contributed by atoms with Gasteiger partial charge in [-0.3, -0.25) is 4.79 Å². The molecular formula is C16H30O7S. The van der Waals surface area contributed by atoms with Crippen molar-refractivity contribution >= 4 is 18.6 Å². The molecule has 1 rings (SSSR count). The number of carbonyl (C=O) groups excluding carboxylic acids is 1. The van der Waals surface area contributed by atoms with Crippen LogP contribution in [0.4, 0.5) is 0 Å². The normalized spacial score (nSPS) is 17.3. The highest BCUT2D eigenvalue weighted by atomic mass is 32.1. The van der Waals surface area contributed by atoms with Crippen LogP contribution < -0.4 is 0 Å². The van der Waals surface area contributed by atoms with Gasteiger partial charge in [-0.25, -0.2) is 0 Å². The fourth-order valence-corrected chi connectivity index (χ4v) is 2.21. The molecule has 1 heterocycles. The zero-order valence-electron chi connectivity index (χ0n) is 14.3. The smallest absolute Gasteiger partial charge is 0.306 e. The summed E-state index contributed by atoms with van der Waals surface area (Å²) in [5.41, 5.74) is 0. The van der Waals surface area contributed by atoms with Crippen LogP contribution in [-0.4, -0.2) is 83.9 Å². The minimum Gasteiger partial charge on any atom is -0.463 e. The van der Waals surface area contributed by atoms with Gasteiger partial charge in [-0.15, -0.1) is 0 Å². The van der Waals surface area contributed by atoms with E-state index in [1.165, 1.54) is 0 Å². The maximum atomic E-state index is 11.0. The molecular weight excluding hydrogens is 336 g/mol. The highest BCUT2D eigenvalue weighted by Crippen LogP contribution is 2.11. The molecule has 0 radical (unpaired) electrons. The van der Waals surface area contributed by atoms with E-state index in [1.54, 1.807) is 0 Å². The largest absolute Gasteiger partial charge is 0.463 e. The highest BCUT2D eigenvalue weighted by Gasteiger charge is 2.14. The lowest BCUT2D eigenvalue weighted by atomic mass is 10.2. The van der Waals surface area contributed by atoms with Gasteiger partial charge < -0.3 is 28.4 Å². The zero-order valence-corrected chi connectivity index (χ0v) is 15.2. The van der Waals surface area contributed by atoms with E-state index in [2.05, 4.69) is 12.6 Å². The molecule has 0 spiro atoms. The molecule has 1 aliphatic rings. The number of ether oxygens (including phenoxy) is 6. The van der Waals surface area contributed by atoms with Crippen LogP contribution in [0, 0.1) is 0 Å². The Morgan fingerprint density at radius 2 is 1.50 bits per heavy atom. The Labute approximate surface area is 149 Å². The summed E-state index contributed by atoms with van der Waals surface area (Å²) in [6.07, 6.45) is 2.81. The third-order valence-electron chi connectivity index (χ3n) is 3.25. The third kappa shape index (κ3) is 13.0. The van der Waals surface area contributed by atoms with E-state index >= 15 is 0 Å². The highest BCUT2D eigenvalue weighted by molar-refractivity contribution is 7.80. The van der Waals surface area contributed by atoms with Gasteiger partial charge in [0.15, 0.2) is 0 Å². The molecule has 0 aromatic rings. The van der Waals surface area contributed by atoms with Gasteiger partial charge in [0, 0.05) is 12.4 Å². The molecule has 1 fully saturated rings. The van der Waals surface area contributed by atoms with E-state index in [1.807, 2.05) is 0 Å². The Balaban J connectivity index is 1.68. The number of rotatable bonds is 16. The maximum Gasteiger partial charge on any atom is 0.306 e. The van der Waals surface area contributed by atoms with Gasteiger partial charge in [-0.2, -0.15) is 12.6 Å². The van der Waals surface area contributed by atoms with Crippen molar-refractivity contribution in [2.24, 2.45) is 0 Å². The second-order valence-electron chi connectivity index (χ2n) is 5.24. The molecule has 0 bridgehead atoms. The molecule has 0 aromatic carbocycles. The van der Waals surface area contributed by atoms with Gasteiger partial charge >= 0.3 is 5.97 Å². The Kier molecular flexibility index (Phi) is 14.5. The topological polar surface area (TPSA) is 72.5 Å². The molecule has 0 N–H and O–H groups in total. The van der Waals surface area contributed by atoms with E-state index in [9.17, 15) is 4.79 Å². The number of carbonyl (C=O) groups is 1. The van der Waals surface area contributed by atoms with E-state index < -0.39 is 0 Å². The lowest BCUT2D eigenvalue weighted by Crippen LogP contribution is -2.17. The van der Waals surface area contributed by atoms with Crippen molar-refractivity contribution in [2.75, 3.05) is 71.8 Å². The monoisotopic (exact) mass is 366 g/mol. The zero-order chi connectivity index (χ0) is 17.3. The predicted octanol–water partition coefficient (Wildman–Crippen LogP) is 1.09. The van der Waals surface area contributed by atoms with E-state index in [4.69, 9.17) is 28.4 Å². The predicted molar refractivity (Wildman–Crippen MR) is 91.7 cm³/mol. The molecule has 0 aliphatic carbocycles. The van der Waals surface area contributed by atoms with Crippen LogP contribution in [0.2, 0.25) is 0 Å². The summed E-state index contributed by atoms with van der Waals surface area (Å²) in [5.74, 6) is 0.248. The Hall–Kier alpha value is -0.380. The van der Waals surface area contributed by atoms with Crippen LogP contribution in [0.5, 0.6) is 0 Å². The molecule has 142 valence electrons. The second kappa shape index (κ2) is 16.1. The Morgan fingerprint density at radius 3 is 2.04 bits per heavy atom. The van der Waals surface area contributed by atoms with Crippen LogP contribution in [0.1, 0.15) is 19.3 Å². The summed E-state index contributed by atoms with van der Waals surface area (Å²) in [6.45, 7) is 5.30. The first-order chi connectivity index (χ1) is 11.8. The molecule has 0 saturated carbocycles. The van der Waals surface area contributed by atoms with Gasteiger partial charge in [0.1, 0.15) is 6.61 Å².